The molecular weight excluding hydrogens is 244 g/mol. The third kappa shape index (κ3) is 1.16. The van der Waals surface area contributed by atoms with Gasteiger partial charge in [0.2, 0.25) is 0 Å². The van der Waals surface area contributed by atoms with Gasteiger partial charge in [-0.25, -0.2) is 0 Å². The lowest BCUT2D eigenvalue weighted by Crippen LogP contribution is -2.66. The Balaban J connectivity index is 1.88. The molecule has 0 unspecified atom stereocenters. The van der Waals surface area contributed by atoms with Gasteiger partial charge >= 0.3 is 0 Å². The summed E-state index contributed by atoms with van der Waals surface area (Å²) >= 11 is 0. The second-order valence-corrected chi connectivity index (χ2v) is 6.83. The topological polar surface area (TPSA) is 62.2 Å². The van der Waals surface area contributed by atoms with Crippen molar-refractivity contribution in [2.24, 2.45) is 10.8 Å². The minimum absolute atomic E-state index is 0.0688. The molecule has 1 spiro atoms. The fraction of sp³-hybridized carbons (Fsp3) is 0.867. The Morgan fingerprint density at radius 3 is 2.74 bits per heavy atom. The molecule has 2 aliphatic heterocycles. The Morgan fingerprint density at radius 2 is 2.11 bits per heavy atom. The monoisotopic (exact) mass is 266 g/mol. The van der Waals surface area contributed by atoms with E-state index in [4.69, 9.17) is 9.47 Å². The maximum absolute atomic E-state index is 10.2. The first kappa shape index (κ1) is 12.3. The number of aliphatic hydroxyl groups excluding tert-OH is 2. The van der Waals surface area contributed by atoms with Crippen molar-refractivity contribution in [3.8, 4) is 0 Å². The van der Waals surface area contributed by atoms with E-state index in [1.807, 2.05) is 0 Å². The van der Waals surface area contributed by atoms with Gasteiger partial charge in [0.15, 0.2) is 0 Å². The van der Waals surface area contributed by atoms with Crippen LogP contribution in [0.1, 0.15) is 32.6 Å². The van der Waals surface area contributed by atoms with Crippen molar-refractivity contribution in [2.45, 2.75) is 50.4 Å². The van der Waals surface area contributed by atoms with Crippen molar-refractivity contribution in [1.82, 2.24) is 0 Å². The Morgan fingerprint density at radius 1 is 1.32 bits per heavy atom. The number of epoxide rings is 1. The van der Waals surface area contributed by atoms with Gasteiger partial charge in [0.05, 0.1) is 32.0 Å². The van der Waals surface area contributed by atoms with Gasteiger partial charge in [0, 0.05) is 10.8 Å². The van der Waals surface area contributed by atoms with E-state index >= 15 is 0 Å². The second kappa shape index (κ2) is 3.61. The smallest absolute Gasteiger partial charge is 0.126 e. The van der Waals surface area contributed by atoms with Crippen molar-refractivity contribution in [3.05, 3.63) is 11.6 Å². The van der Waals surface area contributed by atoms with Gasteiger partial charge in [-0.05, 0) is 32.6 Å². The number of allylic oxidation sites excluding steroid dienone is 1. The number of hydrogen-bond acceptors (Lipinski definition) is 4. The van der Waals surface area contributed by atoms with Crippen LogP contribution in [0.2, 0.25) is 0 Å². The normalized spacial score (nSPS) is 55.0. The first-order valence-electron chi connectivity index (χ1n) is 7.33. The fourth-order valence-corrected chi connectivity index (χ4v) is 5.13. The lowest BCUT2D eigenvalue weighted by atomic mass is 9.51. The summed E-state index contributed by atoms with van der Waals surface area (Å²) < 4.78 is 12.1. The highest BCUT2D eigenvalue weighted by Gasteiger charge is 2.80. The van der Waals surface area contributed by atoms with Crippen LogP contribution < -0.4 is 0 Å². The number of ether oxygens (including phenoxy) is 2. The van der Waals surface area contributed by atoms with Gasteiger partial charge in [0.1, 0.15) is 5.60 Å². The van der Waals surface area contributed by atoms with Crippen molar-refractivity contribution in [3.63, 3.8) is 0 Å². The molecule has 0 aromatic rings. The first-order chi connectivity index (χ1) is 9.14. The quantitative estimate of drug-likeness (QED) is 0.578. The molecule has 2 N–H and O–H groups in total. The summed E-state index contributed by atoms with van der Waals surface area (Å²) in [5.74, 6) is 0. The molecule has 2 aliphatic carbocycles. The molecule has 5 atom stereocenters. The van der Waals surface area contributed by atoms with Crippen LogP contribution in [0.15, 0.2) is 11.6 Å². The first-order valence-corrected chi connectivity index (χ1v) is 7.33. The minimum Gasteiger partial charge on any atom is -0.396 e. The maximum Gasteiger partial charge on any atom is 0.126 e. The highest BCUT2D eigenvalue weighted by atomic mass is 16.6. The molecule has 0 aromatic heterocycles. The van der Waals surface area contributed by atoms with Crippen molar-refractivity contribution >= 4 is 0 Å². The number of fused-ring (bicyclic) bond motifs is 2. The van der Waals surface area contributed by atoms with Crippen LogP contribution >= 0.6 is 0 Å². The molecule has 4 nitrogen and oxygen atoms in total. The van der Waals surface area contributed by atoms with E-state index in [0.29, 0.717) is 6.61 Å². The highest BCUT2D eigenvalue weighted by Crippen LogP contribution is 2.71. The molecule has 1 saturated carbocycles. The van der Waals surface area contributed by atoms with E-state index in [1.54, 1.807) is 0 Å². The Labute approximate surface area is 113 Å². The van der Waals surface area contributed by atoms with Crippen LogP contribution in [0.5, 0.6) is 0 Å². The van der Waals surface area contributed by atoms with Crippen LogP contribution in [-0.4, -0.2) is 47.8 Å². The third-order valence-corrected chi connectivity index (χ3v) is 6.38. The maximum atomic E-state index is 10.2. The third-order valence-electron chi connectivity index (χ3n) is 6.38. The lowest BCUT2D eigenvalue weighted by Gasteiger charge is -2.58. The van der Waals surface area contributed by atoms with Crippen LogP contribution in [0.4, 0.5) is 0 Å². The minimum atomic E-state index is -0.370. The average molecular weight is 266 g/mol. The molecule has 4 rings (SSSR count). The average Bonchev–Trinajstić information content (AvgIpc) is 3.15. The zero-order valence-corrected chi connectivity index (χ0v) is 11.4. The number of rotatable bonds is 2. The van der Waals surface area contributed by atoms with E-state index < -0.39 is 0 Å². The number of hydrogen-bond donors (Lipinski definition) is 2. The molecule has 106 valence electrons. The van der Waals surface area contributed by atoms with Crippen LogP contribution in [0.25, 0.3) is 0 Å². The summed E-state index contributed by atoms with van der Waals surface area (Å²) in [7, 11) is 0. The van der Waals surface area contributed by atoms with Gasteiger partial charge < -0.3 is 19.7 Å². The molecule has 2 bridgehead atoms. The molecular formula is C15H22O4. The SMILES string of the molecule is CC1=C[C@H]2O[C@@H]3CC[C@](CO)([C@@]2(CO)CC1)[C@]31CO1. The van der Waals surface area contributed by atoms with E-state index in [-0.39, 0.29) is 41.9 Å². The zero-order valence-electron chi connectivity index (χ0n) is 11.4. The summed E-state index contributed by atoms with van der Waals surface area (Å²) in [4.78, 5) is 0. The molecule has 4 aliphatic rings. The summed E-state index contributed by atoms with van der Waals surface area (Å²) in [5, 5.41) is 20.3. The second-order valence-electron chi connectivity index (χ2n) is 6.83. The summed E-state index contributed by atoms with van der Waals surface area (Å²) in [6.45, 7) is 2.96. The molecule has 19 heavy (non-hydrogen) atoms. The number of aliphatic hydroxyl groups is 2. The predicted molar refractivity (Wildman–Crippen MR) is 68.6 cm³/mol. The molecule has 4 heteroatoms. The highest BCUT2D eigenvalue weighted by molar-refractivity contribution is 5.31. The van der Waals surface area contributed by atoms with Gasteiger partial charge in [-0.15, -0.1) is 0 Å². The molecule has 2 heterocycles. The van der Waals surface area contributed by atoms with Crippen LogP contribution in [0.3, 0.4) is 0 Å². The lowest BCUT2D eigenvalue weighted by molar-refractivity contribution is -0.228. The van der Waals surface area contributed by atoms with E-state index in [0.717, 1.165) is 25.7 Å². The van der Waals surface area contributed by atoms with Gasteiger partial charge in [-0.3, -0.25) is 0 Å². The fourth-order valence-electron chi connectivity index (χ4n) is 5.13. The van der Waals surface area contributed by atoms with E-state index in [1.165, 1.54) is 5.57 Å². The molecule has 0 radical (unpaired) electrons. The Bertz CT molecular complexity index is 441. The zero-order chi connectivity index (χ0) is 13.3. The van der Waals surface area contributed by atoms with Gasteiger partial charge in [0.25, 0.3) is 0 Å². The molecule has 0 amide bonds. The Hall–Kier alpha value is -0.420. The van der Waals surface area contributed by atoms with E-state index in [9.17, 15) is 10.2 Å². The molecule has 0 aromatic carbocycles. The molecule has 3 fully saturated rings. The van der Waals surface area contributed by atoms with Gasteiger partial charge in [-0.1, -0.05) is 11.6 Å². The predicted octanol–water partition coefficient (Wildman–Crippen LogP) is 1.01. The van der Waals surface area contributed by atoms with Crippen LogP contribution in [-0.2, 0) is 9.47 Å². The van der Waals surface area contributed by atoms with E-state index in [2.05, 4.69) is 13.0 Å². The van der Waals surface area contributed by atoms with Gasteiger partial charge in [-0.2, -0.15) is 0 Å². The standard InChI is InChI=1S/C15H22O4/c1-10-2-4-13(7-16)12(6-10)19-11-3-5-14(13,8-17)15(11)9-18-15/h6,11-12,16-17H,2-5,7-9H2,1H3/t11-,12-,13-,14+,15+/m1/s1. The van der Waals surface area contributed by atoms with Crippen molar-refractivity contribution < 1.29 is 19.7 Å². The summed E-state index contributed by atoms with van der Waals surface area (Å²) in [6.07, 6.45) is 5.88. The van der Waals surface area contributed by atoms with Crippen LogP contribution in [0, 0.1) is 10.8 Å². The van der Waals surface area contributed by atoms with Crippen molar-refractivity contribution in [1.29, 1.82) is 0 Å². The summed E-state index contributed by atoms with van der Waals surface area (Å²) in [5.41, 5.74) is 0.318. The molecule has 2 saturated heterocycles. The Kier molecular flexibility index (Phi) is 2.34. The summed E-state index contributed by atoms with van der Waals surface area (Å²) in [6, 6.07) is 0. The van der Waals surface area contributed by atoms with Crippen molar-refractivity contribution in [2.75, 3.05) is 19.8 Å². The largest absolute Gasteiger partial charge is 0.396 e.